The van der Waals surface area contributed by atoms with E-state index in [2.05, 4.69) is 10.6 Å². The number of carbonyl (C=O) groups is 1. The van der Waals surface area contributed by atoms with Crippen molar-refractivity contribution in [2.24, 2.45) is 0 Å². The van der Waals surface area contributed by atoms with Crippen LogP contribution in [0.2, 0.25) is 0 Å². The molecular weight excluding hydrogens is 178 g/mol. The predicted molar refractivity (Wildman–Crippen MR) is 56.6 cm³/mol. The molecule has 1 aromatic carbocycles. The van der Waals surface area contributed by atoms with Crippen molar-refractivity contribution in [3.63, 3.8) is 0 Å². The Balaban J connectivity index is 2.38. The second-order valence-electron chi connectivity index (χ2n) is 3.05. The van der Waals surface area contributed by atoms with Crippen LogP contribution in [0.15, 0.2) is 24.3 Å². The van der Waals surface area contributed by atoms with Crippen LogP contribution in [0.4, 0.5) is 5.69 Å². The molecule has 0 unspecified atom stereocenters. The fraction of sp³-hybridized carbons (Fsp3) is 0.300. The zero-order valence-electron chi connectivity index (χ0n) is 8.21. The van der Waals surface area contributed by atoms with Crippen LogP contribution in [0.1, 0.15) is 5.56 Å². The fourth-order valence-corrected chi connectivity index (χ4v) is 1.06. The van der Waals surface area contributed by atoms with Crippen molar-refractivity contribution in [1.29, 1.82) is 0 Å². The highest BCUT2D eigenvalue weighted by Gasteiger charge is 1.98. The van der Waals surface area contributed by atoms with Gasteiger partial charge in [0.1, 0.15) is 0 Å². The zero-order chi connectivity index (χ0) is 10.4. The summed E-state index contributed by atoms with van der Waals surface area (Å²) in [6.45, 7) is 0.885. The molecule has 0 saturated carbocycles. The minimum absolute atomic E-state index is 0.00988. The van der Waals surface area contributed by atoms with Crippen molar-refractivity contribution in [3.8, 4) is 0 Å². The van der Waals surface area contributed by atoms with E-state index >= 15 is 0 Å². The van der Waals surface area contributed by atoms with Crippen molar-refractivity contribution in [2.45, 2.75) is 6.54 Å². The SMILES string of the molecule is CNCC(=O)NCc1ccc(N)cc1. The molecule has 0 aliphatic heterocycles. The zero-order valence-corrected chi connectivity index (χ0v) is 8.21. The van der Waals surface area contributed by atoms with Gasteiger partial charge >= 0.3 is 0 Å². The van der Waals surface area contributed by atoms with Crippen LogP contribution in [0.25, 0.3) is 0 Å². The van der Waals surface area contributed by atoms with Gasteiger partial charge in [-0.2, -0.15) is 0 Å². The van der Waals surface area contributed by atoms with Crippen LogP contribution in [0.5, 0.6) is 0 Å². The Morgan fingerprint density at radius 3 is 2.57 bits per heavy atom. The van der Waals surface area contributed by atoms with Crippen molar-refractivity contribution < 1.29 is 4.79 Å². The lowest BCUT2D eigenvalue weighted by Gasteiger charge is -2.04. The minimum Gasteiger partial charge on any atom is -0.399 e. The Morgan fingerprint density at radius 2 is 2.00 bits per heavy atom. The van der Waals surface area contributed by atoms with Gasteiger partial charge in [0.25, 0.3) is 0 Å². The van der Waals surface area contributed by atoms with Gasteiger partial charge in [-0.1, -0.05) is 12.1 Å². The molecule has 14 heavy (non-hydrogen) atoms. The van der Waals surface area contributed by atoms with Crippen molar-refractivity contribution in [2.75, 3.05) is 19.3 Å². The second-order valence-corrected chi connectivity index (χ2v) is 3.05. The highest BCUT2D eigenvalue weighted by atomic mass is 16.1. The average Bonchev–Trinajstić information content (AvgIpc) is 2.17. The molecule has 0 atom stereocenters. The summed E-state index contributed by atoms with van der Waals surface area (Å²) in [7, 11) is 1.74. The molecule has 0 aliphatic rings. The molecule has 0 fully saturated rings. The predicted octanol–water partition coefficient (Wildman–Crippen LogP) is 0.104. The third kappa shape index (κ3) is 3.45. The lowest BCUT2D eigenvalue weighted by Crippen LogP contribution is -2.31. The van der Waals surface area contributed by atoms with Crippen LogP contribution in [0, 0.1) is 0 Å². The van der Waals surface area contributed by atoms with E-state index in [1.807, 2.05) is 24.3 Å². The van der Waals surface area contributed by atoms with Crippen LogP contribution < -0.4 is 16.4 Å². The maximum absolute atomic E-state index is 11.1. The standard InChI is InChI=1S/C10H15N3O/c1-12-7-10(14)13-6-8-2-4-9(11)5-3-8/h2-5,12H,6-7,11H2,1H3,(H,13,14). The fourth-order valence-electron chi connectivity index (χ4n) is 1.06. The Hall–Kier alpha value is -1.55. The monoisotopic (exact) mass is 193 g/mol. The molecular formula is C10H15N3O. The molecule has 0 spiro atoms. The lowest BCUT2D eigenvalue weighted by atomic mass is 10.2. The van der Waals surface area contributed by atoms with E-state index in [0.717, 1.165) is 11.3 Å². The molecule has 4 N–H and O–H groups in total. The first kappa shape index (κ1) is 10.5. The number of likely N-dealkylation sites (N-methyl/N-ethyl adjacent to an activating group) is 1. The van der Waals surface area contributed by atoms with Crippen molar-refractivity contribution in [1.82, 2.24) is 10.6 Å². The van der Waals surface area contributed by atoms with Crippen LogP contribution >= 0.6 is 0 Å². The van der Waals surface area contributed by atoms with E-state index in [1.165, 1.54) is 0 Å². The average molecular weight is 193 g/mol. The lowest BCUT2D eigenvalue weighted by molar-refractivity contribution is -0.120. The van der Waals surface area contributed by atoms with Gasteiger partial charge in [0.15, 0.2) is 0 Å². The Morgan fingerprint density at radius 1 is 1.36 bits per heavy atom. The number of nitrogens with one attached hydrogen (secondary N) is 2. The van der Waals surface area contributed by atoms with Crippen molar-refractivity contribution >= 4 is 11.6 Å². The molecule has 0 saturated heterocycles. The van der Waals surface area contributed by atoms with Crippen molar-refractivity contribution in [3.05, 3.63) is 29.8 Å². The topological polar surface area (TPSA) is 67.2 Å². The third-order valence-corrected chi connectivity index (χ3v) is 1.81. The first-order chi connectivity index (χ1) is 6.72. The molecule has 0 aromatic heterocycles. The maximum Gasteiger partial charge on any atom is 0.234 e. The number of hydrogen-bond acceptors (Lipinski definition) is 3. The first-order valence-electron chi connectivity index (χ1n) is 4.48. The minimum atomic E-state index is -0.00988. The number of carbonyl (C=O) groups excluding carboxylic acids is 1. The highest BCUT2D eigenvalue weighted by Crippen LogP contribution is 2.04. The van der Waals surface area contributed by atoms with Gasteiger partial charge in [0, 0.05) is 12.2 Å². The first-order valence-corrected chi connectivity index (χ1v) is 4.48. The quantitative estimate of drug-likeness (QED) is 0.594. The van der Waals surface area contributed by atoms with E-state index in [0.29, 0.717) is 13.1 Å². The number of anilines is 1. The number of rotatable bonds is 4. The summed E-state index contributed by atoms with van der Waals surface area (Å²) in [5.74, 6) is -0.00988. The van der Waals surface area contributed by atoms with Gasteiger partial charge in [0.05, 0.1) is 6.54 Å². The summed E-state index contributed by atoms with van der Waals surface area (Å²) in [4.78, 5) is 11.1. The molecule has 0 bridgehead atoms. The van der Waals surface area contributed by atoms with Crippen LogP contribution in [0.3, 0.4) is 0 Å². The molecule has 4 nitrogen and oxygen atoms in total. The molecule has 0 aliphatic carbocycles. The number of hydrogen-bond donors (Lipinski definition) is 3. The number of benzene rings is 1. The van der Waals surface area contributed by atoms with E-state index in [4.69, 9.17) is 5.73 Å². The molecule has 1 rings (SSSR count). The van der Waals surface area contributed by atoms with Gasteiger partial charge in [-0.15, -0.1) is 0 Å². The van der Waals surface area contributed by atoms with E-state index < -0.39 is 0 Å². The summed E-state index contributed by atoms with van der Waals surface area (Å²) in [6, 6.07) is 7.43. The van der Waals surface area contributed by atoms with Gasteiger partial charge in [-0.05, 0) is 24.7 Å². The summed E-state index contributed by atoms with van der Waals surface area (Å²) < 4.78 is 0. The van der Waals surface area contributed by atoms with Gasteiger partial charge in [-0.25, -0.2) is 0 Å². The Bertz CT molecular complexity index is 295. The van der Waals surface area contributed by atoms with Crippen LogP contribution in [-0.2, 0) is 11.3 Å². The van der Waals surface area contributed by atoms with Crippen LogP contribution in [-0.4, -0.2) is 19.5 Å². The summed E-state index contributed by atoms with van der Waals surface area (Å²) >= 11 is 0. The highest BCUT2D eigenvalue weighted by molar-refractivity contribution is 5.77. The summed E-state index contributed by atoms with van der Waals surface area (Å²) in [5, 5.41) is 5.56. The van der Waals surface area contributed by atoms with Gasteiger partial charge in [-0.3, -0.25) is 4.79 Å². The third-order valence-electron chi connectivity index (χ3n) is 1.81. The molecule has 76 valence electrons. The van der Waals surface area contributed by atoms with Gasteiger partial charge < -0.3 is 16.4 Å². The molecule has 1 aromatic rings. The Kier molecular flexibility index (Phi) is 3.94. The molecule has 0 heterocycles. The van der Waals surface area contributed by atoms with E-state index in [9.17, 15) is 4.79 Å². The largest absolute Gasteiger partial charge is 0.399 e. The number of nitrogen functional groups attached to an aromatic ring is 1. The number of nitrogens with two attached hydrogens (primary N) is 1. The smallest absolute Gasteiger partial charge is 0.234 e. The summed E-state index contributed by atoms with van der Waals surface area (Å²) in [5.41, 5.74) is 7.31. The second kappa shape index (κ2) is 5.24. The molecule has 1 amide bonds. The normalized spacial score (nSPS) is 9.79. The maximum atomic E-state index is 11.1. The Labute approximate surface area is 83.5 Å². The van der Waals surface area contributed by atoms with E-state index in [1.54, 1.807) is 7.05 Å². The molecule has 0 radical (unpaired) electrons. The van der Waals surface area contributed by atoms with E-state index in [-0.39, 0.29) is 5.91 Å². The summed E-state index contributed by atoms with van der Waals surface area (Å²) in [6.07, 6.45) is 0. The number of amides is 1. The van der Waals surface area contributed by atoms with Gasteiger partial charge in [0.2, 0.25) is 5.91 Å². The molecule has 4 heteroatoms.